The van der Waals surface area contributed by atoms with Crippen molar-refractivity contribution >= 4 is 5.78 Å². The third-order valence-corrected chi connectivity index (χ3v) is 3.52. The van der Waals surface area contributed by atoms with Gasteiger partial charge < -0.3 is 20.1 Å². The zero-order valence-corrected chi connectivity index (χ0v) is 11.3. The normalized spacial score (nSPS) is 17.2. The van der Waals surface area contributed by atoms with Crippen molar-refractivity contribution in [2.75, 3.05) is 0 Å². The molecule has 3 rings (SSSR count). The number of benzene rings is 2. The van der Waals surface area contributed by atoms with E-state index in [-0.39, 0.29) is 35.0 Å². The number of rotatable bonds is 1. The molecule has 0 spiro atoms. The van der Waals surface area contributed by atoms with Gasteiger partial charge in [0.15, 0.2) is 17.3 Å². The van der Waals surface area contributed by atoms with Crippen LogP contribution in [0.4, 0.5) is 0 Å². The molecular weight excluding hydrogens is 272 g/mol. The van der Waals surface area contributed by atoms with E-state index in [4.69, 9.17) is 4.74 Å². The van der Waals surface area contributed by atoms with E-state index in [0.717, 1.165) is 5.56 Å². The van der Waals surface area contributed by atoms with E-state index in [0.29, 0.717) is 11.3 Å². The Morgan fingerprint density at radius 1 is 1.05 bits per heavy atom. The van der Waals surface area contributed by atoms with Gasteiger partial charge in [-0.15, -0.1) is 0 Å². The van der Waals surface area contributed by atoms with Gasteiger partial charge in [-0.25, -0.2) is 0 Å². The van der Waals surface area contributed by atoms with E-state index in [2.05, 4.69) is 0 Å². The Kier molecular flexibility index (Phi) is 2.97. The van der Waals surface area contributed by atoms with Crippen molar-refractivity contribution in [1.82, 2.24) is 0 Å². The zero-order chi connectivity index (χ0) is 15.1. The molecular formula is C16H14O5. The summed E-state index contributed by atoms with van der Waals surface area (Å²) in [6.07, 6.45) is -0.494. The predicted octanol–water partition coefficient (Wildman–Crippen LogP) is 2.82. The summed E-state index contributed by atoms with van der Waals surface area (Å²) in [5, 5.41) is 28.8. The van der Waals surface area contributed by atoms with E-state index in [1.54, 1.807) is 19.1 Å². The number of ether oxygens (including phenoxy) is 1. The second kappa shape index (κ2) is 4.70. The monoisotopic (exact) mass is 286 g/mol. The summed E-state index contributed by atoms with van der Waals surface area (Å²) in [5.74, 6) is -0.453. The van der Waals surface area contributed by atoms with Gasteiger partial charge in [0.25, 0.3) is 0 Å². The maximum Gasteiger partial charge on any atom is 0.174 e. The van der Waals surface area contributed by atoms with Crippen molar-refractivity contribution in [2.24, 2.45) is 0 Å². The Morgan fingerprint density at radius 2 is 1.81 bits per heavy atom. The minimum atomic E-state index is -0.558. The van der Waals surface area contributed by atoms with Gasteiger partial charge in [0.05, 0.1) is 6.42 Å². The fraction of sp³-hybridized carbons (Fsp3) is 0.188. The molecule has 3 N–H and O–H groups in total. The smallest absolute Gasteiger partial charge is 0.174 e. The molecule has 21 heavy (non-hydrogen) atoms. The molecule has 1 aliphatic rings. The van der Waals surface area contributed by atoms with Crippen LogP contribution >= 0.6 is 0 Å². The molecule has 1 unspecified atom stereocenters. The first-order chi connectivity index (χ1) is 9.95. The number of hydrogen-bond acceptors (Lipinski definition) is 5. The van der Waals surface area contributed by atoms with Gasteiger partial charge in [-0.1, -0.05) is 6.07 Å². The largest absolute Gasteiger partial charge is 0.507 e. The maximum absolute atomic E-state index is 12.2. The highest BCUT2D eigenvalue weighted by Gasteiger charge is 2.30. The molecule has 1 atom stereocenters. The summed E-state index contributed by atoms with van der Waals surface area (Å²) in [4.78, 5) is 12.2. The summed E-state index contributed by atoms with van der Waals surface area (Å²) in [6.45, 7) is 1.80. The van der Waals surface area contributed by atoms with Crippen molar-refractivity contribution in [1.29, 1.82) is 0 Å². The van der Waals surface area contributed by atoms with Crippen LogP contribution in [0.1, 0.15) is 34.0 Å². The Morgan fingerprint density at radius 3 is 2.52 bits per heavy atom. The maximum atomic E-state index is 12.2. The number of phenolic OH excluding ortho intramolecular Hbond substituents is 3. The number of Topliss-reactive ketones (excluding diaryl/α,β-unsaturated/α-hetero) is 1. The molecule has 0 saturated carbocycles. The Hall–Kier alpha value is -2.69. The Bertz CT molecular complexity index is 736. The molecule has 2 aromatic carbocycles. The van der Waals surface area contributed by atoms with Gasteiger partial charge in [-0.05, 0) is 42.3 Å². The highest BCUT2D eigenvalue weighted by Crippen LogP contribution is 2.41. The molecule has 0 aromatic heterocycles. The average Bonchev–Trinajstić information content (AvgIpc) is 2.40. The van der Waals surface area contributed by atoms with Crippen molar-refractivity contribution in [2.45, 2.75) is 19.4 Å². The molecule has 0 fully saturated rings. The molecule has 5 nitrogen and oxygen atoms in total. The molecule has 108 valence electrons. The highest BCUT2D eigenvalue weighted by molar-refractivity contribution is 6.02. The third-order valence-electron chi connectivity index (χ3n) is 3.52. The summed E-state index contributed by atoms with van der Waals surface area (Å²) < 4.78 is 5.77. The van der Waals surface area contributed by atoms with Crippen LogP contribution in [-0.2, 0) is 0 Å². The molecule has 0 saturated heterocycles. The van der Waals surface area contributed by atoms with Gasteiger partial charge in [-0.2, -0.15) is 0 Å². The van der Waals surface area contributed by atoms with Crippen LogP contribution in [0.25, 0.3) is 0 Å². The molecule has 1 heterocycles. The minimum absolute atomic E-state index is 0.0633. The van der Waals surface area contributed by atoms with E-state index in [1.165, 1.54) is 18.2 Å². The number of carbonyl (C=O) groups is 1. The van der Waals surface area contributed by atoms with Crippen LogP contribution in [0, 0.1) is 6.92 Å². The summed E-state index contributed by atoms with van der Waals surface area (Å²) in [6, 6.07) is 7.52. The van der Waals surface area contributed by atoms with E-state index < -0.39 is 6.10 Å². The van der Waals surface area contributed by atoms with Crippen molar-refractivity contribution < 1.29 is 24.9 Å². The van der Waals surface area contributed by atoms with Crippen LogP contribution in [0.3, 0.4) is 0 Å². The van der Waals surface area contributed by atoms with Crippen LogP contribution < -0.4 is 4.74 Å². The van der Waals surface area contributed by atoms with Crippen LogP contribution in [0.15, 0.2) is 30.3 Å². The van der Waals surface area contributed by atoms with Gasteiger partial charge in [0, 0.05) is 0 Å². The lowest BCUT2D eigenvalue weighted by Crippen LogP contribution is -2.20. The second-order valence-corrected chi connectivity index (χ2v) is 5.14. The lowest BCUT2D eigenvalue weighted by molar-refractivity contribution is 0.0845. The minimum Gasteiger partial charge on any atom is -0.507 e. The summed E-state index contributed by atoms with van der Waals surface area (Å²) >= 11 is 0. The molecule has 2 aromatic rings. The highest BCUT2D eigenvalue weighted by atomic mass is 16.5. The van der Waals surface area contributed by atoms with E-state index >= 15 is 0 Å². The second-order valence-electron chi connectivity index (χ2n) is 5.14. The Balaban J connectivity index is 2.01. The van der Waals surface area contributed by atoms with Gasteiger partial charge in [0.1, 0.15) is 23.2 Å². The molecule has 1 aliphatic heterocycles. The number of fused-ring (bicyclic) bond motifs is 1. The quantitative estimate of drug-likeness (QED) is 0.702. The standard InChI is InChI=1S/C16H14O5/c1-8-4-12(19)16-13(20)7-14(21-15(16)5-8)9-2-3-10(17)11(18)6-9/h2-6,14,17-19H,7H2,1H3. The topological polar surface area (TPSA) is 87.0 Å². The number of hydrogen-bond donors (Lipinski definition) is 3. The molecule has 0 radical (unpaired) electrons. The summed E-state index contributed by atoms with van der Waals surface area (Å²) in [5.41, 5.74) is 1.57. The molecule has 0 bridgehead atoms. The number of aryl methyl sites for hydroxylation is 1. The Labute approximate surface area is 121 Å². The number of carbonyl (C=O) groups excluding carboxylic acids is 1. The van der Waals surface area contributed by atoms with Crippen LogP contribution in [0.2, 0.25) is 0 Å². The average molecular weight is 286 g/mol. The van der Waals surface area contributed by atoms with Crippen molar-refractivity contribution in [3.05, 3.63) is 47.0 Å². The van der Waals surface area contributed by atoms with Crippen LogP contribution in [0.5, 0.6) is 23.0 Å². The number of aromatic hydroxyl groups is 3. The van der Waals surface area contributed by atoms with Gasteiger partial charge in [-0.3, -0.25) is 4.79 Å². The first-order valence-electron chi connectivity index (χ1n) is 6.51. The first-order valence-corrected chi connectivity index (χ1v) is 6.51. The molecule has 0 amide bonds. The number of ketones is 1. The van der Waals surface area contributed by atoms with Gasteiger partial charge in [0.2, 0.25) is 0 Å². The lowest BCUT2D eigenvalue weighted by atomic mass is 9.94. The van der Waals surface area contributed by atoms with E-state index in [1.807, 2.05) is 0 Å². The zero-order valence-electron chi connectivity index (χ0n) is 11.3. The SMILES string of the molecule is Cc1cc(O)c2c(c1)OC(c1ccc(O)c(O)c1)CC2=O. The molecule has 0 aliphatic carbocycles. The fourth-order valence-electron chi connectivity index (χ4n) is 2.50. The third kappa shape index (κ3) is 2.27. The van der Waals surface area contributed by atoms with Gasteiger partial charge >= 0.3 is 0 Å². The van der Waals surface area contributed by atoms with Crippen molar-refractivity contribution in [3.63, 3.8) is 0 Å². The predicted molar refractivity (Wildman–Crippen MR) is 74.9 cm³/mol. The number of phenols is 3. The van der Waals surface area contributed by atoms with E-state index in [9.17, 15) is 20.1 Å². The lowest BCUT2D eigenvalue weighted by Gasteiger charge is -2.26. The fourth-order valence-corrected chi connectivity index (χ4v) is 2.50. The van der Waals surface area contributed by atoms with Crippen molar-refractivity contribution in [3.8, 4) is 23.0 Å². The van der Waals surface area contributed by atoms with Crippen LogP contribution in [-0.4, -0.2) is 21.1 Å². The summed E-state index contributed by atoms with van der Waals surface area (Å²) in [7, 11) is 0. The first kappa shape index (κ1) is 13.3. The molecule has 5 heteroatoms.